The number of fused-ring (bicyclic) bond motifs is 2. The molecule has 6 rings (SSSR count). The molecule has 1 aromatic carbocycles. The average molecular weight is 494 g/mol. The molecule has 36 heavy (non-hydrogen) atoms. The quantitative estimate of drug-likeness (QED) is 0.585. The van der Waals surface area contributed by atoms with Crippen molar-refractivity contribution in [2.75, 3.05) is 45.2 Å². The maximum Gasteiger partial charge on any atom is 0.225 e. The maximum absolute atomic E-state index is 14.6. The molecule has 0 spiro atoms. The van der Waals surface area contributed by atoms with Crippen molar-refractivity contribution in [1.29, 1.82) is 0 Å². The normalized spacial score (nSPS) is 19.4. The summed E-state index contributed by atoms with van der Waals surface area (Å²) < 4.78 is 22.0. The molecule has 2 fully saturated rings. The number of hydrogen-bond acceptors (Lipinski definition) is 7. The number of carbonyl (C=O) groups is 1. The summed E-state index contributed by atoms with van der Waals surface area (Å²) in [7, 11) is 2.12. The molecule has 0 radical (unpaired) electrons. The van der Waals surface area contributed by atoms with Crippen LogP contribution in [0.5, 0.6) is 5.75 Å². The molecule has 1 amide bonds. The predicted molar refractivity (Wildman–Crippen MR) is 132 cm³/mol. The molecule has 0 unspecified atom stereocenters. The zero-order valence-electron chi connectivity index (χ0n) is 20.6. The SMILES string of the molecule is CN1CCC(C(=O)N2CCC(c3cnc(NCc4c(F)ccc5c4CCO5)n4cnnc34)CC2)CC1. The molecule has 10 heteroatoms. The fourth-order valence-corrected chi connectivity index (χ4v) is 5.85. The van der Waals surface area contributed by atoms with Crippen molar-refractivity contribution >= 4 is 17.5 Å². The van der Waals surface area contributed by atoms with Crippen LogP contribution in [0, 0.1) is 11.7 Å². The van der Waals surface area contributed by atoms with Gasteiger partial charge in [0.1, 0.15) is 17.9 Å². The van der Waals surface area contributed by atoms with Crippen LogP contribution < -0.4 is 10.1 Å². The van der Waals surface area contributed by atoms with Crippen molar-refractivity contribution in [2.24, 2.45) is 5.92 Å². The van der Waals surface area contributed by atoms with Crippen LogP contribution in [0.4, 0.5) is 10.3 Å². The largest absolute Gasteiger partial charge is 0.493 e. The van der Waals surface area contributed by atoms with Gasteiger partial charge in [0.2, 0.25) is 11.9 Å². The molecular formula is C26H32FN7O2. The fourth-order valence-electron chi connectivity index (χ4n) is 5.85. The summed E-state index contributed by atoms with van der Waals surface area (Å²) in [5.74, 6) is 1.83. The molecule has 2 aromatic heterocycles. The number of ether oxygens (including phenoxy) is 1. The Labute approximate surface area is 209 Å². The second-order valence-corrected chi connectivity index (χ2v) is 10.2. The van der Waals surface area contributed by atoms with Crippen LogP contribution in [0.15, 0.2) is 24.7 Å². The topological polar surface area (TPSA) is 87.9 Å². The molecule has 0 atom stereocenters. The Morgan fingerprint density at radius 3 is 2.78 bits per heavy atom. The molecule has 5 heterocycles. The number of amides is 1. The lowest BCUT2D eigenvalue weighted by atomic mass is 9.89. The molecule has 9 nitrogen and oxygen atoms in total. The van der Waals surface area contributed by atoms with E-state index >= 15 is 0 Å². The molecule has 0 bridgehead atoms. The highest BCUT2D eigenvalue weighted by Gasteiger charge is 2.31. The van der Waals surface area contributed by atoms with E-state index in [1.165, 1.54) is 6.07 Å². The summed E-state index contributed by atoms with van der Waals surface area (Å²) >= 11 is 0. The van der Waals surface area contributed by atoms with E-state index < -0.39 is 0 Å². The lowest BCUT2D eigenvalue weighted by Crippen LogP contribution is -2.44. The predicted octanol–water partition coefficient (Wildman–Crippen LogP) is 2.86. The van der Waals surface area contributed by atoms with Gasteiger partial charge in [-0.1, -0.05) is 0 Å². The number of carbonyl (C=O) groups excluding carboxylic acids is 1. The maximum atomic E-state index is 14.6. The van der Waals surface area contributed by atoms with Crippen molar-refractivity contribution < 1.29 is 13.9 Å². The zero-order chi connectivity index (χ0) is 24.6. The molecular weight excluding hydrogens is 461 g/mol. The van der Waals surface area contributed by atoms with Crippen LogP contribution in [0.25, 0.3) is 5.65 Å². The fraction of sp³-hybridized carbons (Fsp3) is 0.538. The van der Waals surface area contributed by atoms with Crippen molar-refractivity contribution in [3.63, 3.8) is 0 Å². The van der Waals surface area contributed by atoms with E-state index in [-0.39, 0.29) is 17.7 Å². The Hall–Kier alpha value is -3.27. The Balaban J connectivity index is 1.14. The van der Waals surface area contributed by atoms with Crippen LogP contribution >= 0.6 is 0 Å². The number of piperidine rings is 2. The second-order valence-electron chi connectivity index (χ2n) is 10.2. The highest BCUT2D eigenvalue weighted by atomic mass is 19.1. The van der Waals surface area contributed by atoms with Gasteiger partial charge in [0.05, 0.1) is 6.61 Å². The zero-order valence-corrected chi connectivity index (χ0v) is 20.6. The van der Waals surface area contributed by atoms with Gasteiger partial charge in [0, 0.05) is 54.9 Å². The lowest BCUT2D eigenvalue weighted by Gasteiger charge is -2.36. The number of aromatic nitrogens is 4. The minimum atomic E-state index is -0.245. The number of benzene rings is 1. The van der Waals surface area contributed by atoms with E-state index in [2.05, 4.69) is 32.4 Å². The highest BCUT2D eigenvalue weighted by Crippen LogP contribution is 2.33. The summed E-state index contributed by atoms with van der Waals surface area (Å²) in [4.78, 5) is 22.0. The van der Waals surface area contributed by atoms with Gasteiger partial charge in [-0.05, 0) is 63.9 Å². The van der Waals surface area contributed by atoms with Gasteiger partial charge in [-0.25, -0.2) is 9.37 Å². The van der Waals surface area contributed by atoms with Crippen LogP contribution in [0.1, 0.15) is 48.3 Å². The monoisotopic (exact) mass is 493 g/mol. The van der Waals surface area contributed by atoms with E-state index in [0.29, 0.717) is 37.0 Å². The van der Waals surface area contributed by atoms with Crippen LogP contribution in [0.3, 0.4) is 0 Å². The Morgan fingerprint density at radius 1 is 1.17 bits per heavy atom. The first kappa shape index (κ1) is 23.1. The lowest BCUT2D eigenvalue weighted by molar-refractivity contribution is -0.138. The summed E-state index contributed by atoms with van der Waals surface area (Å²) in [6.45, 7) is 4.40. The molecule has 190 valence electrons. The molecule has 3 aromatic rings. The first-order valence-corrected chi connectivity index (χ1v) is 12.9. The van der Waals surface area contributed by atoms with Gasteiger partial charge in [-0.15, -0.1) is 10.2 Å². The summed E-state index contributed by atoms with van der Waals surface area (Å²) in [5, 5.41) is 11.8. The first-order valence-electron chi connectivity index (χ1n) is 12.9. The number of nitrogens with zero attached hydrogens (tertiary/aromatic N) is 6. The van der Waals surface area contributed by atoms with E-state index in [1.807, 2.05) is 15.5 Å². The molecule has 2 saturated heterocycles. The van der Waals surface area contributed by atoms with Gasteiger partial charge >= 0.3 is 0 Å². The average Bonchev–Trinajstić information content (AvgIpc) is 3.59. The van der Waals surface area contributed by atoms with Crippen LogP contribution in [-0.4, -0.2) is 75.1 Å². The van der Waals surface area contributed by atoms with Crippen LogP contribution in [-0.2, 0) is 17.8 Å². The minimum absolute atomic E-state index is 0.162. The van der Waals surface area contributed by atoms with Crippen molar-refractivity contribution in [1.82, 2.24) is 29.4 Å². The number of nitrogens with one attached hydrogen (secondary N) is 1. The number of anilines is 1. The minimum Gasteiger partial charge on any atom is -0.493 e. The summed E-state index contributed by atoms with van der Waals surface area (Å²) in [6, 6.07) is 3.15. The van der Waals surface area contributed by atoms with Gasteiger partial charge in [0.25, 0.3) is 0 Å². The van der Waals surface area contributed by atoms with Crippen molar-refractivity contribution in [3.8, 4) is 5.75 Å². The van der Waals surface area contributed by atoms with E-state index in [4.69, 9.17) is 4.74 Å². The molecule has 0 saturated carbocycles. The number of rotatable bonds is 5. The van der Waals surface area contributed by atoms with Gasteiger partial charge in [0.15, 0.2) is 5.65 Å². The molecule has 3 aliphatic heterocycles. The Kier molecular flexibility index (Phi) is 6.20. The smallest absolute Gasteiger partial charge is 0.225 e. The molecule has 3 aliphatic rings. The highest BCUT2D eigenvalue weighted by molar-refractivity contribution is 5.79. The third-order valence-corrected chi connectivity index (χ3v) is 8.04. The molecule has 0 aliphatic carbocycles. The number of likely N-dealkylation sites (tertiary alicyclic amines) is 2. The molecule has 1 N–H and O–H groups in total. The Bertz CT molecular complexity index is 1260. The van der Waals surface area contributed by atoms with Gasteiger partial charge in [-0.3, -0.25) is 9.20 Å². The third kappa shape index (κ3) is 4.27. The summed E-state index contributed by atoms with van der Waals surface area (Å²) in [6.07, 6.45) is 7.89. The van der Waals surface area contributed by atoms with Crippen molar-refractivity contribution in [3.05, 3.63) is 47.2 Å². The standard InChI is InChI=1S/C26H32FN7O2/c1-32-9-4-18(5-10-32)25(35)33-11-6-17(7-12-33)20-14-28-26(34-16-30-31-24(20)34)29-15-21-19-8-13-36-23(19)3-2-22(21)27/h2-3,14,16-18H,4-13,15H2,1H3,(H,28,29). The van der Waals surface area contributed by atoms with Gasteiger partial charge in [-0.2, -0.15) is 0 Å². The number of hydrogen-bond donors (Lipinski definition) is 1. The summed E-state index contributed by atoms with van der Waals surface area (Å²) in [5.41, 5.74) is 3.33. The van der Waals surface area contributed by atoms with Crippen molar-refractivity contribution in [2.45, 2.75) is 44.6 Å². The first-order chi connectivity index (χ1) is 17.6. The second kappa shape index (κ2) is 9.65. The van der Waals surface area contributed by atoms with E-state index in [0.717, 1.165) is 74.4 Å². The third-order valence-electron chi connectivity index (χ3n) is 8.04. The number of halogens is 1. The van der Waals surface area contributed by atoms with Gasteiger partial charge < -0.3 is 19.9 Å². The van der Waals surface area contributed by atoms with E-state index in [1.54, 1.807) is 12.4 Å². The van der Waals surface area contributed by atoms with E-state index in [9.17, 15) is 9.18 Å². The van der Waals surface area contributed by atoms with Crippen LogP contribution in [0.2, 0.25) is 0 Å². The Morgan fingerprint density at radius 2 is 1.97 bits per heavy atom.